The monoisotopic (exact) mass is 269 g/mol. The van der Waals surface area contributed by atoms with Crippen LogP contribution >= 0.6 is 23.2 Å². The molecule has 1 rings (SSSR count). The molecule has 3 nitrogen and oxygen atoms in total. The van der Waals surface area contributed by atoms with Crippen LogP contribution in [-0.4, -0.2) is 16.1 Å². The second kappa shape index (κ2) is 5.41. The summed E-state index contributed by atoms with van der Waals surface area (Å²) in [5, 5.41) is 8.64. The third-order valence-electron chi connectivity index (χ3n) is 1.84. The van der Waals surface area contributed by atoms with Gasteiger partial charge in [-0.05, 0) is 11.6 Å². The molecule has 1 N–H and O–H groups in total. The minimum Gasteiger partial charge on any atom is -0.481 e. The number of carboxylic acids is 1. The number of nitrogens with zero attached hydrogens (tertiary/aromatic N) is 1. The Kier molecular flexibility index (Phi) is 4.44. The molecular formula is C9H7Cl2F2NO2. The predicted octanol–water partition coefficient (Wildman–Crippen LogP) is 3.04. The van der Waals surface area contributed by atoms with Crippen LogP contribution in [0.2, 0.25) is 5.02 Å². The van der Waals surface area contributed by atoms with Crippen molar-refractivity contribution < 1.29 is 18.7 Å². The minimum atomic E-state index is -2.85. The standard InChI is InChI=1S/C9H7Cl2F2NO2/c10-3-6-5(11)1-4(2-7(15)16)8(14-6)9(12)13/h1,9H,2-3H2,(H,15,16). The molecule has 0 fully saturated rings. The van der Waals surface area contributed by atoms with Gasteiger partial charge in [-0.15, -0.1) is 11.6 Å². The van der Waals surface area contributed by atoms with Gasteiger partial charge in [-0.25, -0.2) is 13.8 Å². The predicted molar refractivity (Wildman–Crippen MR) is 55.1 cm³/mol. The van der Waals surface area contributed by atoms with Crippen LogP contribution in [0.1, 0.15) is 23.4 Å². The number of rotatable bonds is 4. The number of aliphatic carboxylic acids is 1. The van der Waals surface area contributed by atoms with E-state index in [4.69, 9.17) is 28.3 Å². The topological polar surface area (TPSA) is 50.2 Å². The summed E-state index contributed by atoms with van der Waals surface area (Å²) in [5.74, 6) is -1.33. The highest BCUT2D eigenvalue weighted by atomic mass is 35.5. The van der Waals surface area contributed by atoms with Crippen LogP contribution in [0.25, 0.3) is 0 Å². The average Bonchev–Trinajstić information content (AvgIpc) is 2.16. The highest BCUT2D eigenvalue weighted by molar-refractivity contribution is 6.32. The van der Waals surface area contributed by atoms with Crippen LogP contribution < -0.4 is 0 Å². The number of alkyl halides is 3. The lowest BCUT2D eigenvalue weighted by atomic mass is 10.1. The Balaban J connectivity index is 3.24. The molecule has 0 amide bonds. The van der Waals surface area contributed by atoms with E-state index in [1.165, 1.54) is 6.07 Å². The maximum Gasteiger partial charge on any atom is 0.307 e. The molecule has 16 heavy (non-hydrogen) atoms. The highest BCUT2D eigenvalue weighted by Crippen LogP contribution is 2.27. The van der Waals surface area contributed by atoms with E-state index in [0.717, 1.165) is 0 Å². The van der Waals surface area contributed by atoms with Gasteiger partial charge in [0.15, 0.2) is 0 Å². The van der Waals surface area contributed by atoms with Gasteiger partial charge in [-0.2, -0.15) is 0 Å². The maximum atomic E-state index is 12.6. The van der Waals surface area contributed by atoms with Gasteiger partial charge in [-0.1, -0.05) is 11.6 Å². The normalized spacial score (nSPS) is 10.8. The second-order valence-electron chi connectivity index (χ2n) is 2.97. The summed E-state index contributed by atoms with van der Waals surface area (Å²) in [4.78, 5) is 14.0. The number of hydrogen-bond acceptors (Lipinski definition) is 2. The van der Waals surface area contributed by atoms with Gasteiger partial charge in [0.25, 0.3) is 6.43 Å². The van der Waals surface area contributed by atoms with Gasteiger partial charge in [0.1, 0.15) is 5.69 Å². The van der Waals surface area contributed by atoms with Crippen LogP contribution in [0.15, 0.2) is 6.07 Å². The lowest BCUT2D eigenvalue weighted by molar-refractivity contribution is -0.136. The lowest BCUT2D eigenvalue weighted by Crippen LogP contribution is -2.07. The molecular weight excluding hydrogens is 263 g/mol. The van der Waals surface area contributed by atoms with Crippen molar-refractivity contribution in [2.75, 3.05) is 0 Å². The molecule has 0 spiro atoms. The fraction of sp³-hybridized carbons (Fsp3) is 0.333. The Bertz CT molecular complexity index is 413. The first kappa shape index (κ1) is 13.1. The van der Waals surface area contributed by atoms with Gasteiger partial charge in [0, 0.05) is 0 Å². The van der Waals surface area contributed by atoms with Crippen molar-refractivity contribution in [3.63, 3.8) is 0 Å². The molecule has 0 bridgehead atoms. The maximum absolute atomic E-state index is 12.6. The third kappa shape index (κ3) is 3.02. The number of aromatic nitrogens is 1. The molecule has 0 saturated heterocycles. The number of carboxylic acid groups (broad SMARTS) is 1. The quantitative estimate of drug-likeness (QED) is 0.855. The van der Waals surface area contributed by atoms with Crippen molar-refractivity contribution in [2.45, 2.75) is 18.7 Å². The summed E-state index contributed by atoms with van der Waals surface area (Å²) in [6.07, 6.45) is -3.40. The molecule has 88 valence electrons. The number of pyridine rings is 1. The Hall–Kier alpha value is -0.940. The SMILES string of the molecule is O=C(O)Cc1cc(Cl)c(CCl)nc1C(F)F. The minimum absolute atomic E-state index is 0.0932. The van der Waals surface area contributed by atoms with Crippen molar-refractivity contribution >= 4 is 29.2 Å². The van der Waals surface area contributed by atoms with Crippen molar-refractivity contribution in [1.29, 1.82) is 0 Å². The molecule has 0 aromatic carbocycles. The van der Waals surface area contributed by atoms with Gasteiger partial charge >= 0.3 is 5.97 Å². The summed E-state index contributed by atoms with van der Waals surface area (Å²) in [7, 11) is 0. The molecule has 0 aliphatic carbocycles. The van der Waals surface area contributed by atoms with Gasteiger partial charge < -0.3 is 5.11 Å². The van der Waals surface area contributed by atoms with E-state index < -0.39 is 24.5 Å². The fourth-order valence-corrected chi connectivity index (χ4v) is 1.68. The van der Waals surface area contributed by atoms with Crippen LogP contribution in [-0.2, 0) is 17.1 Å². The smallest absolute Gasteiger partial charge is 0.307 e. The highest BCUT2D eigenvalue weighted by Gasteiger charge is 2.19. The Labute approximate surface area is 100 Å². The molecule has 1 aromatic rings. The third-order valence-corrected chi connectivity index (χ3v) is 2.42. The first-order valence-electron chi connectivity index (χ1n) is 4.19. The van der Waals surface area contributed by atoms with Crippen molar-refractivity contribution in [2.24, 2.45) is 0 Å². The van der Waals surface area contributed by atoms with Crippen molar-refractivity contribution in [3.8, 4) is 0 Å². The summed E-state index contributed by atoms with van der Waals surface area (Å²) in [5.41, 5.74) is -0.559. The average molecular weight is 270 g/mol. The van der Waals surface area contributed by atoms with E-state index in [-0.39, 0.29) is 22.2 Å². The first-order chi connectivity index (χ1) is 7.45. The molecule has 0 atom stereocenters. The van der Waals surface area contributed by atoms with E-state index in [2.05, 4.69) is 4.98 Å². The van der Waals surface area contributed by atoms with Crippen LogP contribution in [0, 0.1) is 0 Å². The second-order valence-corrected chi connectivity index (χ2v) is 3.64. The van der Waals surface area contributed by atoms with Gasteiger partial charge in [-0.3, -0.25) is 4.79 Å². The van der Waals surface area contributed by atoms with Gasteiger partial charge in [0.05, 0.1) is 23.0 Å². The zero-order valence-corrected chi connectivity index (χ0v) is 9.40. The summed E-state index contributed by atoms with van der Waals surface area (Å²) in [6, 6.07) is 1.17. The Morgan fingerprint density at radius 1 is 1.56 bits per heavy atom. The zero-order chi connectivity index (χ0) is 12.3. The van der Waals surface area contributed by atoms with Crippen LogP contribution in [0.3, 0.4) is 0 Å². The lowest BCUT2D eigenvalue weighted by Gasteiger charge is -2.09. The van der Waals surface area contributed by atoms with Gasteiger partial charge in [0.2, 0.25) is 0 Å². The van der Waals surface area contributed by atoms with E-state index >= 15 is 0 Å². The molecule has 1 heterocycles. The fourth-order valence-electron chi connectivity index (χ4n) is 1.17. The summed E-state index contributed by atoms with van der Waals surface area (Å²) in [6.45, 7) is 0. The molecule has 0 aliphatic heterocycles. The first-order valence-corrected chi connectivity index (χ1v) is 5.11. The Morgan fingerprint density at radius 3 is 2.62 bits per heavy atom. The van der Waals surface area contributed by atoms with E-state index in [1.807, 2.05) is 0 Å². The molecule has 7 heteroatoms. The van der Waals surface area contributed by atoms with E-state index in [0.29, 0.717) is 0 Å². The van der Waals surface area contributed by atoms with Crippen LogP contribution in [0.4, 0.5) is 8.78 Å². The molecule has 0 unspecified atom stereocenters. The Morgan fingerprint density at radius 2 is 2.19 bits per heavy atom. The zero-order valence-electron chi connectivity index (χ0n) is 7.88. The van der Waals surface area contributed by atoms with E-state index in [1.54, 1.807) is 0 Å². The summed E-state index contributed by atoms with van der Waals surface area (Å²) >= 11 is 11.2. The number of hydrogen-bond donors (Lipinski definition) is 1. The molecule has 0 radical (unpaired) electrons. The van der Waals surface area contributed by atoms with Crippen molar-refractivity contribution in [3.05, 3.63) is 28.0 Å². The van der Waals surface area contributed by atoms with Crippen LogP contribution in [0.5, 0.6) is 0 Å². The molecule has 1 aromatic heterocycles. The summed E-state index contributed by atoms with van der Waals surface area (Å²) < 4.78 is 25.2. The molecule has 0 saturated carbocycles. The largest absolute Gasteiger partial charge is 0.481 e. The number of carbonyl (C=O) groups is 1. The van der Waals surface area contributed by atoms with Crippen molar-refractivity contribution in [1.82, 2.24) is 4.98 Å². The van der Waals surface area contributed by atoms with E-state index in [9.17, 15) is 13.6 Å². The number of halogens is 4. The molecule has 0 aliphatic rings.